The Bertz CT molecular complexity index is 734. The zero-order valence-corrected chi connectivity index (χ0v) is 16.5. The van der Waals surface area contributed by atoms with Crippen molar-refractivity contribution >= 4 is 0 Å². The molecule has 0 N–H and O–H groups in total. The Morgan fingerprint density at radius 2 is 1.96 bits per heavy atom. The topological polar surface area (TPSA) is 64.2 Å². The predicted octanol–water partition coefficient (Wildman–Crippen LogP) is 1.24. The van der Waals surface area contributed by atoms with Crippen LogP contribution in [0.3, 0.4) is 0 Å². The predicted molar refractivity (Wildman–Crippen MR) is 102 cm³/mol. The molecule has 0 bridgehead atoms. The molecular weight excluding hydrogens is 342 g/mol. The molecule has 2 saturated heterocycles. The van der Waals surface area contributed by atoms with Gasteiger partial charge in [0.05, 0.1) is 31.8 Å². The summed E-state index contributed by atoms with van der Waals surface area (Å²) in [6.45, 7) is 10.7. The Labute approximate surface area is 161 Å². The third-order valence-electron chi connectivity index (χ3n) is 5.86. The van der Waals surface area contributed by atoms with E-state index in [0.717, 1.165) is 70.7 Å². The quantitative estimate of drug-likeness (QED) is 0.759. The van der Waals surface area contributed by atoms with E-state index in [1.165, 1.54) is 18.5 Å². The average molecular weight is 374 g/mol. The number of piperidine rings is 1. The van der Waals surface area contributed by atoms with E-state index in [1.54, 1.807) is 0 Å². The second-order valence-electron chi connectivity index (χ2n) is 7.67. The molecule has 0 aliphatic carbocycles. The van der Waals surface area contributed by atoms with Gasteiger partial charge in [0, 0.05) is 51.9 Å². The highest BCUT2D eigenvalue weighted by Crippen LogP contribution is 2.27. The highest BCUT2D eigenvalue weighted by Gasteiger charge is 2.27. The fraction of sp³-hybridized carbons (Fsp3) is 0.737. The third-order valence-corrected chi connectivity index (χ3v) is 5.86. The molecule has 1 atom stereocenters. The van der Waals surface area contributed by atoms with Gasteiger partial charge in [0.15, 0.2) is 0 Å². The van der Waals surface area contributed by atoms with Crippen LogP contribution >= 0.6 is 0 Å². The van der Waals surface area contributed by atoms with E-state index in [-0.39, 0.29) is 0 Å². The molecule has 0 amide bonds. The highest BCUT2D eigenvalue weighted by atomic mass is 16.5. The van der Waals surface area contributed by atoms with Gasteiger partial charge >= 0.3 is 0 Å². The van der Waals surface area contributed by atoms with Crippen LogP contribution in [0.5, 0.6) is 0 Å². The fourth-order valence-electron chi connectivity index (χ4n) is 4.23. The minimum Gasteiger partial charge on any atom is -0.379 e. The van der Waals surface area contributed by atoms with Crippen molar-refractivity contribution in [3.05, 3.63) is 29.9 Å². The third kappa shape index (κ3) is 4.23. The molecule has 2 aliphatic heterocycles. The maximum atomic E-state index is 5.44. The zero-order chi connectivity index (χ0) is 18.6. The minimum atomic E-state index is 0.452. The lowest BCUT2D eigenvalue weighted by Crippen LogP contribution is -2.37. The zero-order valence-electron chi connectivity index (χ0n) is 16.5. The normalized spacial score (nSPS) is 22.4. The summed E-state index contributed by atoms with van der Waals surface area (Å²) in [6, 6.07) is 0. The standard InChI is InChI=1S/C19H31N7O/c1-3-26-15-20-11-17(26)13-25-6-4-5-16(12-25)19-22-21-18(23(19)2)14-24-7-9-27-10-8-24/h11,15-16H,3-10,12-14H2,1-2H3. The second kappa shape index (κ2) is 8.50. The average Bonchev–Trinajstić information content (AvgIpc) is 3.29. The summed E-state index contributed by atoms with van der Waals surface area (Å²) in [5.74, 6) is 2.65. The van der Waals surface area contributed by atoms with E-state index in [0.29, 0.717) is 5.92 Å². The number of aromatic nitrogens is 5. The van der Waals surface area contributed by atoms with Crippen molar-refractivity contribution in [2.45, 2.75) is 45.3 Å². The first-order valence-electron chi connectivity index (χ1n) is 10.1. The molecule has 2 fully saturated rings. The molecule has 1 unspecified atom stereocenters. The molecule has 0 aromatic carbocycles. The van der Waals surface area contributed by atoms with Crippen LogP contribution in [0.2, 0.25) is 0 Å². The van der Waals surface area contributed by atoms with Crippen molar-refractivity contribution in [2.75, 3.05) is 39.4 Å². The number of hydrogen-bond acceptors (Lipinski definition) is 6. The van der Waals surface area contributed by atoms with Gasteiger partial charge in [-0.3, -0.25) is 9.80 Å². The summed E-state index contributed by atoms with van der Waals surface area (Å²) >= 11 is 0. The SMILES string of the molecule is CCn1cncc1CN1CCCC(c2nnc(CN3CCOCC3)n2C)C1. The summed E-state index contributed by atoms with van der Waals surface area (Å²) in [5.41, 5.74) is 1.30. The van der Waals surface area contributed by atoms with Gasteiger partial charge < -0.3 is 13.9 Å². The molecule has 8 heteroatoms. The molecule has 2 aliphatic rings. The molecule has 4 rings (SSSR count). The van der Waals surface area contributed by atoms with Crippen molar-refractivity contribution in [1.82, 2.24) is 34.1 Å². The highest BCUT2D eigenvalue weighted by molar-refractivity contribution is 5.05. The van der Waals surface area contributed by atoms with Crippen molar-refractivity contribution in [3.8, 4) is 0 Å². The first kappa shape index (κ1) is 18.6. The lowest BCUT2D eigenvalue weighted by molar-refractivity contribution is 0.0326. The van der Waals surface area contributed by atoms with Crippen LogP contribution in [0, 0.1) is 0 Å². The van der Waals surface area contributed by atoms with Gasteiger partial charge in [0.1, 0.15) is 11.6 Å². The number of morpholine rings is 1. The van der Waals surface area contributed by atoms with Crippen molar-refractivity contribution < 1.29 is 4.74 Å². The van der Waals surface area contributed by atoms with E-state index < -0.39 is 0 Å². The largest absolute Gasteiger partial charge is 0.379 e. The molecule has 148 valence electrons. The van der Waals surface area contributed by atoms with Crippen LogP contribution < -0.4 is 0 Å². The Balaban J connectivity index is 1.40. The Morgan fingerprint density at radius 1 is 1.11 bits per heavy atom. The molecule has 0 radical (unpaired) electrons. The minimum absolute atomic E-state index is 0.452. The first-order valence-corrected chi connectivity index (χ1v) is 10.1. The lowest BCUT2D eigenvalue weighted by atomic mass is 9.97. The van der Waals surface area contributed by atoms with Crippen LogP contribution in [0.25, 0.3) is 0 Å². The number of hydrogen-bond donors (Lipinski definition) is 0. The van der Waals surface area contributed by atoms with Gasteiger partial charge in [-0.25, -0.2) is 4.98 Å². The summed E-state index contributed by atoms with van der Waals surface area (Å²) in [6.07, 6.45) is 6.32. The van der Waals surface area contributed by atoms with Gasteiger partial charge in [-0.05, 0) is 26.3 Å². The number of rotatable bonds is 6. The Hall–Kier alpha value is -1.77. The van der Waals surface area contributed by atoms with Crippen LogP contribution in [-0.4, -0.2) is 73.5 Å². The van der Waals surface area contributed by atoms with Crippen molar-refractivity contribution in [2.24, 2.45) is 7.05 Å². The maximum absolute atomic E-state index is 5.44. The Kier molecular flexibility index (Phi) is 5.85. The van der Waals surface area contributed by atoms with E-state index in [9.17, 15) is 0 Å². The van der Waals surface area contributed by atoms with E-state index in [2.05, 4.69) is 48.1 Å². The second-order valence-corrected chi connectivity index (χ2v) is 7.67. The van der Waals surface area contributed by atoms with Crippen LogP contribution in [0.15, 0.2) is 12.5 Å². The van der Waals surface area contributed by atoms with Gasteiger partial charge in [-0.15, -0.1) is 10.2 Å². The van der Waals surface area contributed by atoms with Crippen LogP contribution in [0.4, 0.5) is 0 Å². The van der Waals surface area contributed by atoms with E-state index in [4.69, 9.17) is 4.74 Å². The van der Waals surface area contributed by atoms with Gasteiger partial charge in [0.2, 0.25) is 0 Å². The van der Waals surface area contributed by atoms with Gasteiger partial charge in [-0.2, -0.15) is 0 Å². The monoisotopic (exact) mass is 373 g/mol. The smallest absolute Gasteiger partial charge is 0.146 e. The molecule has 0 saturated carbocycles. The number of ether oxygens (including phenoxy) is 1. The number of imidazole rings is 1. The summed E-state index contributed by atoms with van der Waals surface area (Å²) in [7, 11) is 2.12. The van der Waals surface area contributed by atoms with Crippen molar-refractivity contribution in [3.63, 3.8) is 0 Å². The number of nitrogens with zero attached hydrogens (tertiary/aromatic N) is 7. The first-order chi connectivity index (χ1) is 13.2. The Morgan fingerprint density at radius 3 is 2.78 bits per heavy atom. The van der Waals surface area contributed by atoms with E-state index >= 15 is 0 Å². The van der Waals surface area contributed by atoms with E-state index in [1.807, 2.05) is 12.5 Å². The summed E-state index contributed by atoms with van der Waals surface area (Å²) < 4.78 is 9.89. The number of aryl methyl sites for hydroxylation is 1. The van der Waals surface area contributed by atoms with Crippen LogP contribution in [0.1, 0.15) is 43.0 Å². The molecule has 4 heterocycles. The van der Waals surface area contributed by atoms with Crippen LogP contribution in [-0.2, 0) is 31.4 Å². The van der Waals surface area contributed by atoms with Gasteiger partial charge in [-0.1, -0.05) is 0 Å². The number of likely N-dealkylation sites (tertiary alicyclic amines) is 1. The van der Waals surface area contributed by atoms with Crippen molar-refractivity contribution in [1.29, 1.82) is 0 Å². The molecule has 2 aromatic rings. The summed E-state index contributed by atoms with van der Waals surface area (Å²) in [5, 5.41) is 9.09. The molecule has 8 nitrogen and oxygen atoms in total. The fourth-order valence-corrected chi connectivity index (χ4v) is 4.23. The molecular formula is C19H31N7O. The lowest BCUT2D eigenvalue weighted by Gasteiger charge is -2.32. The molecule has 0 spiro atoms. The molecule has 2 aromatic heterocycles. The summed E-state index contributed by atoms with van der Waals surface area (Å²) in [4.78, 5) is 9.24. The van der Waals surface area contributed by atoms with Gasteiger partial charge in [0.25, 0.3) is 0 Å². The maximum Gasteiger partial charge on any atom is 0.146 e. The molecule has 27 heavy (non-hydrogen) atoms.